The first-order valence-electron chi connectivity index (χ1n) is 4.69. The summed E-state index contributed by atoms with van der Waals surface area (Å²) in [4.78, 5) is 11.1. The molecule has 0 amide bonds. The molecular formula is C10H12N2O2. The molecule has 0 atom stereocenters. The molecule has 4 nitrogen and oxygen atoms in total. The van der Waals surface area contributed by atoms with Crippen LogP contribution in [-0.4, -0.2) is 21.3 Å². The lowest BCUT2D eigenvalue weighted by Gasteiger charge is -2.36. The summed E-state index contributed by atoms with van der Waals surface area (Å²) in [5.74, 6) is -0.776. The Morgan fingerprint density at radius 3 is 2.50 bits per heavy atom. The van der Waals surface area contributed by atoms with Gasteiger partial charge in [-0.15, -0.1) is 0 Å². The molecule has 4 heteroatoms. The first-order valence-corrected chi connectivity index (χ1v) is 4.69. The fourth-order valence-corrected chi connectivity index (χ4v) is 1.76. The fourth-order valence-electron chi connectivity index (χ4n) is 1.76. The zero-order chi connectivity index (χ0) is 10.2. The van der Waals surface area contributed by atoms with Gasteiger partial charge in [-0.1, -0.05) is 6.42 Å². The van der Waals surface area contributed by atoms with Crippen molar-refractivity contribution in [3.63, 3.8) is 0 Å². The molecule has 0 bridgehead atoms. The molecule has 1 N–H and O–H groups in total. The summed E-state index contributed by atoms with van der Waals surface area (Å²) in [5.41, 5.74) is 0.663. The Bertz CT molecular complexity index is 355. The average Bonchev–Trinajstić information content (AvgIpc) is 2.05. The molecule has 0 spiro atoms. The number of carbonyl (C=O) groups is 1. The van der Waals surface area contributed by atoms with Crippen LogP contribution in [0.3, 0.4) is 0 Å². The number of hydrogen-bond donors (Lipinski definition) is 1. The summed E-state index contributed by atoms with van der Waals surface area (Å²) in [7, 11) is 0. The molecule has 0 saturated heterocycles. The molecule has 14 heavy (non-hydrogen) atoms. The maximum atomic E-state index is 11.1. The summed E-state index contributed by atoms with van der Waals surface area (Å²) in [6.45, 7) is 1.84. The highest BCUT2D eigenvalue weighted by Gasteiger charge is 2.47. The van der Waals surface area contributed by atoms with E-state index in [0.29, 0.717) is 18.5 Å². The van der Waals surface area contributed by atoms with Crippen LogP contribution in [0.2, 0.25) is 0 Å². The minimum absolute atomic E-state index is 0.599. The highest BCUT2D eigenvalue weighted by Crippen LogP contribution is 2.42. The monoisotopic (exact) mass is 192 g/mol. The summed E-state index contributed by atoms with van der Waals surface area (Å²) in [5, 5.41) is 17.0. The quantitative estimate of drug-likeness (QED) is 0.766. The van der Waals surface area contributed by atoms with Gasteiger partial charge in [0.25, 0.3) is 0 Å². The van der Waals surface area contributed by atoms with Gasteiger partial charge in [-0.05, 0) is 31.9 Å². The summed E-state index contributed by atoms with van der Waals surface area (Å²) in [6.07, 6.45) is 2.32. The highest BCUT2D eigenvalue weighted by molar-refractivity contribution is 5.81. The van der Waals surface area contributed by atoms with E-state index in [-0.39, 0.29) is 0 Å². The molecule has 0 aromatic carbocycles. The first kappa shape index (κ1) is 9.12. The minimum atomic E-state index is -0.776. The summed E-state index contributed by atoms with van der Waals surface area (Å²) < 4.78 is 0. The van der Waals surface area contributed by atoms with Crippen molar-refractivity contribution in [1.29, 1.82) is 0 Å². The maximum Gasteiger partial charge on any atom is 0.315 e. The van der Waals surface area contributed by atoms with Gasteiger partial charge in [-0.3, -0.25) is 4.79 Å². The van der Waals surface area contributed by atoms with E-state index < -0.39 is 11.4 Å². The Kier molecular flexibility index (Phi) is 1.98. The van der Waals surface area contributed by atoms with Crippen LogP contribution in [0.1, 0.15) is 30.7 Å². The average molecular weight is 192 g/mol. The lowest BCUT2D eigenvalue weighted by Crippen LogP contribution is -2.43. The predicted octanol–water partition coefficient (Wildman–Crippen LogP) is 1.29. The summed E-state index contributed by atoms with van der Waals surface area (Å²) >= 11 is 0. The smallest absolute Gasteiger partial charge is 0.315 e. The molecule has 1 heterocycles. The van der Waals surface area contributed by atoms with Gasteiger partial charge in [-0.2, -0.15) is 10.2 Å². The second-order valence-corrected chi connectivity index (χ2v) is 3.80. The molecule has 74 valence electrons. The van der Waals surface area contributed by atoms with Crippen LogP contribution in [0, 0.1) is 6.92 Å². The zero-order valence-electron chi connectivity index (χ0n) is 8.03. The standard InChI is InChI=1S/C10H12N2O2/c1-7-3-4-8(12-11-7)10(9(13)14)5-2-6-10/h3-4H,2,5-6H2,1H3,(H,13,14). The molecule has 1 aliphatic carbocycles. The largest absolute Gasteiger partial charge is 0.481 e. The molecule has 2 rings (SSSR count). The van der Waals surface area contributed by atoms with Gasteiger partial charge < -0.3 is 5.11 Å². The molecule has 0 unspecified atom stereocenters. The van der Waals surface area contributed by atoms with Crippen molar-refractivity contribution >= 4 is 5.97 Å². The highest BCUT2D eigenvalue weighted by atomic mass is 16.4. The lowest BCUT2D eigenvalue weighted by molar-refractivity contribution is -0.147. The van der Waals surface area contributed by atoms with Gasteiger partial charge in [0, 0.05) is 0 Å². The number of carboxylic acid groups (broad SMARTS) is 1. The van der Waals surface area contributed by atoms with Gasteiger partial charge in [0.15, 0.2) is 0 Å². The Hall–Kier alpha value is -1.45. The van der Waals surface area contributed by atoms with Crippen LogP contribution >= 0.6 is 0 Å². The van der Waals surface area contributed by atoms with Gasteiger partial charge in [-0.25, -0.2) is 0 Å². The number of aliphatic carboxylic acids is 1. The first-order chi connectivity index (χ1) is 6.65. The predicted molar refractivity (Wildman–Crippen MR) is 49.9 cm³/mol. The van der Waals surface area contributed by atoms with Crippen LogP contribution in [0.4, 0.5) is 0 Å². The molecule has 1 fully saturated rings. The van der Waals surface area contributed by atoms with E-state index in [9.17, 15) is 4.79 Å². The lowest BCUT2D eigenvalue weighted by atomic mass is 9.66. The van der Waals surface area contributed by atoms with Crippen molar-refractivity contribution in [2.45, 2.75) is 31.6 Å². The van der Waals surface area contributed by atoms with Crippen molar-refractivity contribution in [1.82, 2.24) is 10.2 Å². The van der Waals surface area contributed by atoms with Crippen LogP contribution in [0.15, 0.2) is 12.1 Å². The number of rotatable bonds is 2. The van der Waals surface area contributed by atoms with E-state index in [2.05, 4.69) is 10.2 Å². The van der Waals surface area contributed by atoms with Crippen LogP contribution in [-0.2, 0) is 10.2 Å². The van der Waals surface area contributed by atoms with Gasteiger partial charge in [0.05, 0.1) is 11.4 Å². The van der Waals surface area contributed by atoms with Gasteiger partial charge in [0.2, 0.25) is 0 Å². The van der Waals surface area contributed by atoms with E-state index >= 15 is 0 Å². The van der Waals surface area contributed by atoms with E-state index in [1.165, 1.54) is 0 Å². The van der Waals surface area contributed by atoms with Gasteiger partial charge in [0.1, 0.15) is 5.41 Å². The van der Waals surface area contributed by atoms with Crippen molar-refractivity contribution in [2.24, 2.45) is 0 Å². The molecular weight excluding hydrogens is 180 g/mol. The third kappa shape index (κ3) is 1.18. The maximum absolute atomic E-state index is 11.1. The van der Waals surface area contributed by atoms with Crippen LogP contribution in [0.5, 0.6) is 0 Å². The SMILES string of the molecule is Cc1ccc(C2(C(=O)O)CCC2)nn1. The number of aryl methyl sites for hydroxylation is 1. The topological polar surface area (TPSA) is 63.1 Å². The number of carboxylic acids is 1. The van der Waals surface area contributed by atoms with Crippen LogP contribution < -0.4 is 0 Å². The van der Waals surface area contributed by atoms with Crippen molar-refractivity contribution in [3.05, 3.63) is 23.5 Å². The van der Waals surface area contributed by atoms with Gasteiger partial charge >= 0.3 is 5.97 Å². The number of hydrogen-bond acceptors (Lipinski definition) is 3. The Morgan fingerprint density at radius 1 is 1.43 bits per heavy atom. The van der Waals surface area contributed by atoms with E-state index in [1.54, 1.807) is 6.07 Å². The molecule has 1 aromatic heterocycles. The number of nitrogens with zero attached hydrogens (tertiary/aromatic N) is 2. The summed E-state index contributed by atoms with van der Waals surface area (Å²) in [6, 6.07) is 3.58. The molecule has 0 radical (unpaired) electrons. The van der Waals surface area contributed by atoms with Crippen LogP contribution in [0.25, 0.3) is 0 Å². The normalized spacial score (nSPS) is 18.6. The number of aromatic nitrogens is 2. The van der Waals surface area contributed by atoms with E-state index in [4.69, 9.17) is 5.11 Å². The molecule has 1 saturated carbocycles. The molecule has 0 aliphatic heterocycles. The third-order valence-electron chi connectivity index (χ3n) is 2.90. The van der Waals surface area contributed by atoms with E-state index in [0.717, 1.165) is 12.1 Å². The second kappa shape index (κ2) is 3.04. The van der Waals surface area contributed by atoms with Crippen molar-refractivity contribution < 1.29 is 9.90 Å². The molecule has 1 aromatic rings. The second-order valence-electron chi connectivity index (χ2n) is 3.80. The Labute approximate surface area is 82.0 Å². The minimum Gasteiger partial charge on any atom is -0.481 e. The zero-order valence-corrected chi connectivity index (χ0v) is 8.03. The van der Waals surface area contributed by atoms with Crippen molar-refractivity contribution in [2.75, 3.05) is 0 Å². The third-order valence-corrected chi connectivity index (χ3v) is 2.90. The fraction of sp³-hybridized carbons (Fsp3) is 0.500. The van der Waals surface area contributed by atoms with E-state index in [1.807, 2.05) is 13.0 Å². The Balaban J connectivity index is 2.37. The molecule has 1 aliphatic rings. The van der Waals surface area contributed by atoms with Crippen molar-refractivity contribution in [3.8, 4) is 0 Å². The Morgan fingerprint density at radius 2 is 2.14 bits per heavy atom.